The Hall–Kier alpha value is -2.19. The molecule has 0 spiro atoms. The molecule has 0 heterocycles. The first-order valence-electron chi connectivity index (χ1n) is 5.54. The number of amides is 1. The maximum atomic E-state index is 13.6. The van der Waals surface area contributed by atoms with Crippen LogP contribution in [0.3, 0.4) is 0 Å². The molecule has 0 aliphatic heterocycles. The minimum absolute atomic E-state index is 0.0628. The lowest BCUT2D eigenvalue weighted by atomic mass is 10.2. The Balaban J connectivity index is 2.40. The summed E-state index contributed by atoms with van der Waals surface area (Å²) in [5.74, 6) is -5.11. The topological polar surface area (TPSA) is 94.1 Å². The third-order valence-electron chi connectivity index (χ3n) is 2.16. The summed E-state index contributed by atoms with van der Waals surface area (Å²) in [6, 6.07) is 8.73. The van der Waals surface area contributed by atoms with Crippen molar-refractivity contribution in [2.45, 2.75) is 12.5 Å². The molecule has 110 valence electrons. The molecule has 1 aromatic rings. The average molecular weight is 287 g/mol. The van der Waals surface area contributed by atoms with Gasteiger partial charge in [-0.3, -0.25) is 0 Å². The number of hydrogen-bond acceptors (Lipinski definition) is 5. The fourth-order valence-corrected chi connectivity index (χ4v) is 1.20. The van der Waals surface area contributed by atoms with E-state index in [4.69, 9.17) is 9.84 Å². The predicted molar refractivity (Wildman–Crippen MR) is 64.2 cm³/mol. The van der Waals surface area contributed by atoms with Gasteiger partial charge in [-0.25, -0.2) is 14.4 Å². The Morgan fingerprint density at radius 1 is 1.35 bits per heavy atom. The van der Waals surface area contributed by atoms with Crippen LogP contribution >= 0.6 is 0 Å². The molecular formula is C12H14FNO6. The molecule has 7 nitrogen and oxygen atoms in total. The number of alkyl halides is 1. The number of carboxylic acid groups (broad SMARTS) is 1. The van der Waals surface area contributed by atoms with Crippen molar-refractivity contribution in [3.8, 4) is 0 Å². The van der Waals surface area contributed by atoms with Crippen LogP contribution in [0.1, 0.15) is 5.56 Å². The molecule has 2 N–H and O–H groups in total. The molecule has 8 heteroatoms. The number of hydrogen-bond donors (Lipinski definition) is 2. The number of carbonyl (C=O) groups is 2. The van der Waals surface area contributed by atoms with Crippen LogP contribution in [0.4, 0.5) is 9.18 Å². The zero-order chi connectivity index (χ0) is 15.0. The summed E-state index contributed by atoms with van der Waals surface area (Å²) in [5.41, 5.74) is 2.27. The van der Waals surface area contributed by atoms with Gasteiger partial charge in [0.2, 0.25) is 0 Å². The maximum Gasteiger partial charge on any atom is 0.431 e. The normalized spacial score (nSPS) is 13.3. The van der Waals surface area contributed by atoms with Crippen molar-refractivity contribution in [3.05, 3.63) is 35.9 Å². The third-order valence-corrected chi connectivity index (χ3v) is 2.16. The summed E-state index contributed by atoms with van der Waals surface area (Å²) < 4.78 is 22.7. The number of methoxy groups -OCH3 is 1. The predicted octanol–water partition coefficient (Wildman–Crippen LogP) is 1.24. The molecule has 1 aromatic carbocycles. The second kappa shape index (κ2) is 7.41. The minimum Gasteiger partial charge on any atom is -0.477 e. The number of aliphatic carboxylic acids is 1. The second-order valence-corrected chi connectivity index (χ2v) is 3.73. The Kier molecular flexibility index (Phi) is 5.88. The Bertz CT molecular complexity index is 455. The van der Waals surface area contributed by atoms with Gasteiger partial charge in [0, 0.05) is 7.11 Å². The molecule has 0 saturated carbocycles. The van der Waals surface area contributed by atoms with Crippen molar-refractivity contribution in [1.82, 2.24) is 5.48 Å². The zero-order valence-corrected chi connectivity index (χ0v) is 10.7. The highest BCUT2D eigenvalue weighted by molar-refractivity contribution is 5.76. The number of hydroxylamine groups is 1. The molecule has 1 atom stereocenters. The van der Waals surface area contributed by atoms with E-state index in [-0.39, 0.29) is 6.61 Å². The van der Waals surface area contributed by atoms with Crippen LogP contribution < -0.4 is 5.48 Å². The first kappa shape index (κ1) is 15.9. The lowest BCUT2D eigenvalue weighted by molar-refractivity contribution is -0.223. The lowest BCUT2D eigenvalue weighted by Gasteiger charge is -2.19. The van der Waals surface area contributed by atoms with Crippen LogP contribution in [0.15, 0.2) is 30.3 Å². The van der Waals surface area contributed by atoms with Gasteiger partial charge >= 0.3 is 17.9 Å². The van der Waals surface area contributed by atoms with Gasteiger partial charge in [-0.2, -0.15) is 9.87 Å². The quantitative estimate of drug-likeness (QED) is 0.733. The summed E-state index contributed by atoms with van der Waals surface area (Å²) in [7, 11) is 1.09. The highest BCUT2D eigenvalue weighted by Crippen LogP contribution is 2.12. The van der Waals surface area contributed by atoms with Gasteiger partial charge in [0.25, 0.3) is 0 Å². The van der Waals surface area contributed by atoms with Crippen LogP contribution in [0.2, 0.25) is 0 Å². The Morgan fingerprint density at radius 2 is 2.00 bits per heavy atom. The van der Waals surface area contributed by atoms with E-state index in [1.54, 1.807) is 35.8 Å². The smallest absolute Gasteiger partial charge is 0.431 e. The molecule has 0 radical (unpaired) electrons. The molecule has 1 rings (SSSR count). The van der Waals surface area contributed by atoms with E-state index >= 15 is 0 Å². The molecule has 20 heavy (non-hydrogen) atoms. The first-order valence-corrected chi connectivity index (χ1v) is 5.54. The summed E-state index contributed by atoms with van der Waals surface area (Å²) in [6.07, 6.45) is -1.12. The van der Waals surface area contributed by atoms with Crippen LogP contribution in [0.25, 0.3) is 0 Å². The van der Waals surface area contributed by atoms with Gasteiger partial charge in [-0.15, -0.1) is 0 Å². The second-order valence-electron chi connectivity index (χ2n) is 3.73. The first-order chi connectivity index (χ1) is 9.48. The van der Waals surface area contributed by atoms with Gasteiger partial charge in [0.05, 0.1) is 0 Å². The van der Waals surface area contributed by atoms with Crippen LogP contribution in [0.5, 0.6) is 0 Å². The summed E-state index contributed by atoms with van der Waals surface area (Å²) in [6.45, 7) is -0.950. The number of rotatable bonds is 7. The number of carboxylic acids is 1. The SMILES string of the molecule is COCC(F)(ONC(=O)OCc1ccccc1)C(=O)O. The van der Waals surface area contributed by atoms with E-state index in [0.29, 0.717) is 5.56 Å². The largest absolute Gasteiger partial charge is 0.477 e. The molecule has 1 unspecified atom stereocenters. The molecular weight excluding hydrogens is 273 g/mol. The molecule has 0 fully saturated rings. The third kappa shape index (κ3) is 4.82. The minimum atomic E-state index is -3.18. The number of ether oxygens (including phenoxy) is 2. The molecule has 0 aliphatic carbocycles. The Labute approximate surface area is 114 Å². The molecule has 0 aliphatic rings. The average Bonchev–Trinajstić information content (AvgIpc) is 2.44. The van der Waals surface area contributed by atoms with E-state index in [9.17, 15) is 14.0 Å². The number of benzene rings is 1. The van der Waals surface area contributed by atoms with Crippen LogP contribution in [0, 0.1) is 0 Å². The highest BCUT2D eigenvalue weighted by Gasteiger charge is 2.42. The van der Waals surface area contributed by atoms with E-state index in [2.05, 4.69) is 9.57 Å². The monoisotopic (exact) mass is 287 g/mol. The molecule has 0 bridgehead atoms. The van der Waals surface area contributed by atoms with Gasteiger partial charge in [0.15, 0.2) is 0 Å². The van der Waals surface area contributed by atoms with Gasteiger partial charge in [-0.05, 0) is 5.56 Å². The number of carbonyl (C=O) groups excluding carboxylic acids is 1. The van der Waals surface area contributed by atoms with Crippen molar-refractivity contribution in [2.75, 3.05) is 13.7 Å². The van der Waals surface area contributed by atoms with Gasteiger partial charge < -0.3 is 14.6 Å². The van der Waals surface area contributed by atoms with Crippen LogP contribution in [-0.2, 0) is 25.7 Å². The van der Waals surface area contributed by atoms with Crippen LogP contribution in [-0.4, -0.2) is 36.7 Å². The highest BCUT2D eigenvalue weighted by atomic mass is 19.2. The fraction of sp³-hybridized carbons (Fsp3) is 0.333. The maximum absolute atomic E-state index is 13.6. The summed E-state index contributed by atoms with van der Waals surface area (Å²) >= 11 is 0. The molecule has 0 aromatic heterocycles. The van der Waals surface area contributed by atoms with Gasteiger partial charge in [-0.1, -0.05) is 30.3 Å². The molecule has 0 saturated heterocycles. The summed E-state index contributed by atoms with van der Waals surface area (Å²) in [5, 5.41) is 8.61. The standard InChI is InChI=1S/C12H14FNO6/c1-18-8-12(13,10(15)16)20-14-11(17)19-7-9-5-3-2-4-6-9/h2-6H,7-8H2,1H3,(H,14,17)(H,15,16). The zero-order valence-electron chi connectivity index (χ0n) is 10.7. The summed E-state index contributed by atoms with van der Waals surface area (Å²) in [4.78, 5) is 26.0. The van der Waals surface area contributed by atoms with Crippen molar-refractivity contribution in [2.24, 2.45) is 0 Å². The number of nitrogens with one attached hydrogen (secondary N) is 1. The van der Waals surface area contributed by atoms with Crippen molar-refractivity contribution < 1.29 is 33.4 Å². The van der Waals surface area contributed by atoms with E-state index in [1.165, 1.54) is 0 Å². The number of halogens is 1. The lowest BCUT2D eigenvalue weighted by Crippen LogP contribution is -2.46. The van der Waals surface area contributed by atoms with Gasteiger partial charge in [0.1, 0.15) is 13.2 Å². The van der Waals surface area contributed by atoms with Crippen molar-refractivity contribution >= 4 is 12.1 Å². The van der Waals surface area contributed by atoms with Crippen molar-refractivity contribution in [3.63, 3.8) is 0 Å². The van der Waals surface area contributed by atoms with Crippen molar-refractivity contribution in [1.29, 1.82) is 0 Å². The van der Waals surface area contributed by atoms with E-state index in [1.807, 2.05) is 0 Å². The van der Waals surface area contributed by atoms with E-state index in [0.717, 1.165) is 7.11 Å². The molecule has 1 amide bonds. The Morgan fingerprint density at radius 3 is 2.55 bits per heavy atom. The fourth-order valence-electron chi connectivity index (χ4n) is 1.20. The van der Waals surface area contributed by atoms with E-state index < -0.39 is 24.5 Å².